The van der Waals surface area contributed by atoms with Gasteiger partial charge in [0.15, 0.2) is 6.29 Å². The summed E-state index contributed by atoms with van der Waals surface area (Å²) in [4.78, 5) is 24.0. The molecule has 7 nitrogen and oxygen atoms in total. The van der Waals surface area contributed by atoms with Crippen molar-refractivity contribution in [3.63, 3.8) is 0 Å². The number of ether oxygens (including phenoxy) is 4. The zero-order valence-corrected chi connectivity index (χ0v) is 18.5. The number of alkyl carbamates (subject to hydrolysis) is 1. The second-order valence-electron chi connectivity index (χ2n) is 8.01. The molecule has 7 heteroatoms. The van der Waals surface area contributed by atoms with Crippen LogP contribution >= 0.6 is 0 Å². The van der Waals surface area contributed by atoms with Crippen molar-refractivity contribution in [3.05, 3.63) is 65.7 Å². The molecule has 0 unspecified atom stereocenters. The SMILES string of the molecule is COc1ccc(COC[C@@H](NC(=O)OC(C)(C)C)[C@@H](C=O)OCc2ccccc2)cc1. The van der Waals surface area contributed by atoms with Crippen molar-refractivity contribution in [2.45, 2.75) is 51.7 Å². The Bertz CT molecular complexity index is 801. The van der Waals surface area contributed by atoms with E-state index in [1.54, 1.807) is 27.9 Å². The highest BCUT2D eigenvalue weighted by atomic mass is 16.6. The van der Waals surface area contributed by atoms with Gasteiger partial charge >= 0.3 is 6.09 Å². The topological polar surface area (TPSA) is 83.1 Å². The lowest BCUT2D eigenvalue weighted by atomic mass is 10.1. The fourth-order valence-corrected chi connectivity index (χ4v) is 2.72. The number of hydrogen-bond donors (Lipinski definition) is 1. The molecule has 0 saturated heterocycles. The molecule has 0 fully saturated rings. The molecule has 0 aliphatic rings. The lowest BCUT2D eigenvalue weighted by Gasteiger charge is -2.27. The van der Waals surface area contributed by atoms with E-state index in [9.17, 15) is 9.59 Å². The molecule has 2 atom stereocenters. The van der Waals surface area contributed by atoms with Gasteiger partial charge in [0.1, 0.15) is 17.5 Å². The molecule has 0 radical (unpaired) electrons. The smallest absolute Gasteiger partial charge is 0.408 e. The first-order valence-corrected chi connectivity index (χ1v) is 10.1. The van der Waals surface area contributed by atoms with E-state index in [4.69, 9.17) is 18.9 Å². The fourth-order valence-electron chi connectivity index (χ4n) is 2.72. The second-order valence-corrected chi connectivity index (χ2v) is 8.01. The van der Waals surface area contributed by atoms with E-state index >= 15 is 0 Å². The highest BCUT2D eigenvalue weighted by molar-refractivity contribution is 5.69. The van der Waals surface area contributed by atoms with Crippen molar-refractivity contribution in [2.75, 3.05) is 13.7 Å². The molecular weight excluding hydrogens is 398 g/mol. The van der Waals surface area contributed by atoms with Crippen LogP contribution in [0.2, 0.25) is 0 Å². The molecule has 1 amide bonds. The lowest BCUT2D eigenvalue weighted by molar-refractivity contribution is -0.122. The number of amides is 1. The molecule has 0 aliphatic heterocycles. The maximum absolute atomic E-state index is 12.3. The van der Waals surface area contributed by atoms with Crippen LogP contribution in [0.4, 0.5) is 4.79 Å². The zero-order valence-electron chi connectivity index (χ0n) is 18.5. The summed E-state index contributed by atoms with van der Waals surface area (Å²) < 4.78 is 22.0. The predicted octanol–water partition coefficient (Wildman–Crippen LogP) is 3.89. The summed E-state index contributed by atoms with van der Waals surface area (Å²) in [5, 5.41) is 2.70. The molecule has 168 valence electrons. The molecule has 0 saturated carbocycles. The minimum absolute atomic E-state index is 0.0729. The van der Waals surface area contributed by atoms with Gasteiger partial charge in [-0.1, -0.05) is 42.5 Å². The third-order valence-corrected chi connectivity index (χ3v) is 4.24. The number of benzene rings is 2. The molecule has 1 N–H and O–H groups in total. The first kappa shape index (κ1) is 24.4. The van der Waals surface area contributed by atoms with Crippen LogP contribution in [-0.4, -0.2) is 43.8 Å². The van der Waals surface area contributed by atoms with E-state index in [0.29, 0.717) is 12.9 Å². The summed E-state index contributed by atoms with van der Waals surface area (Å²) in [6.07, 6.45) is -0.869. The second kappa shape index (κ2) is 12.1. The molecule has 31 heavy (non-hydrogen) atoms. The third kappa shape index (κ3) is 9.19. The van der Waals surface area contributed by atoms with Gasteiger partial charge in [0, 0.05) is 0 Å². The quantitative estimate of drug-likeness (QED) is 0.546. The van der Waals surface area contributed by atoms with Crippen LogP contribution in [-0.2, 0) is 32.2 Å². The fraction of sp³-hybridized carbons (Fsp3) is 0.417. The number of methoxy groups -OCH3 is 1. The summed E-state index contributed by atoms with van der Waals surface area (Å²) in [7, 11) is 1.60. The summed E-state index contributed by atoms with van der Waals surface area (Å²) in [5.74, 6) is 0.753. The van der Waals surface area contributed by atoms with Crippen molar-refractivity contribution >= 4 is 12.4 Å². The van der Waals surface area contributed by atoms with Gasteiger partial charge in [-0.2, -0.15) is 0 Å². The minimum Gasteiger partial charge on any atom is -0.497 e. The Balaban J connectivity index is 2.00. The number of carbonyl (C=O) groups is 2. The molecule has 0 heterocycles. The number of hydrogen-bond acceptors (Lipinski definition) is 6. The average Bonchev–Trinajstić information content (AvgIpc) is 2.74. The van der Waals surface area contributed by atoms with Gasteiger partial charge in [0.25, 0.3) is 0 Å². The van der Waals surface area contributed by atoms with Gasteiger partial charge < -0.3 is 29.1 Å². The van der Waals surface area contributed by atoms with E-state index in [0.717, 1.165) is 16.9 Å². The molecule has 2 aromatic rings. The largest absolute Gasteiger partial charge is 0.497 e. The van der Waals surface area contributed by atoms with Gasteiger partial charge in [-0.25, -0.2) is 4.79 Å². The maximum atomic E-state index is 12.3. The van der Waals surface area contributed by atoms with Crippen LogP contribution in [0.3, 0.4) is 0 Å². The van der Waals surface area contributed by atoms with E-state index < -0.39 is 23.8 Å². The minimum atomic E-state index is -0.899. The van der Waals surface area contributed by atoms with Crippen LogP contribution < -0.4 is 10.1 Å². The average molecular weight is 430 g/mol. The Morgan fingerprint density at radius 3 is 2.23 bits per heavy atom. The number of aldehydes is 1. The van der Waals surface area contributed by atoms with Crippen LogP contribution in [0.5, 0.6) is 5.75 Å². The molecule has 2 aromatic carbocycles. The Hall–Kier alpha value is -2.90. The first-order valence-electron chi connectivity index (χ1n) is 10.1. The standard InChI is InChI=1S/C24H31NO6/c1-24(2,3)31-23(27)25-21(17-29-15-19-10-12-20(28-4)13-11-19)22(14-26)30-16-18-8-6-5-7-9-18/h5-14,21-22H,15-17H2,1-4H3,(H,25,27)/t21-,22-/m1/s1. The van der Waals surface area contributed by atoms with Crippen LogP contribution in [0.25, 0.3) is 0 Å². The van der Waals surface area contributed by atoms with Crippen LogP contribution in [0, 0.1) is 0 Å². The van der Waals surface area contributed by atoms with E-state index in [2.05, 4.69) is 5.32 Å². The van der Waals surface area contributed by atoms with E-state index in [-0.39, 0.29) is 13.2 Å². The zero-order chi connectivity index (χ0) is 22.7. The Labute approximate surface area is 183 Å². The van der Waals surface area contributed by atoms with Crippen molar-refractivity contribution in [3.8, 4) is 5.75 Å². The van der Waals surface area contributed by atoms with Crippen LogP contribution in [0.1, 0.15) is 31.9 Å². The highest BCUT2D eigenvalue weighted by Crippen LogP contribution is 2.13. The Morgan fingerprint density at radius 2 is 1.65 bits per heavy atom. The summed E-state index contributed by atoms with van der Waals surface area (Å²) in [5.41, 5.74) is 1.19. The summed E-state index contributed by atoms with van der Waals surface area (Å²) >= 11 is 0. The van der Waals surface area contributed by atoms with Crippen molar-refractivity contribution in [1.82, 2.24) is 5.32 Å². The van der Waals surface area contributed by atoms with Gasteiger partial charge in [0.2, 0.25) is 0 Å². The molecule has 0 bridgehead atoms. The van der Waals surface area contributed by atoms with Crippen molar-refractivity contribution < 1.29 is 28.5 Å². The summed E-state index contributed by atoms with van der Waals surface area (Å²) in [6.45, 7) is 5.92. The predicted molar refractivity (Wildman–Crippen MR) is 117 cm³/mol. The Morgan fingerprint density at radius 1 is 1.00 bits per heavy atom. The lowest BCUT2D eigenvalue weighted by Crippen LogP contribution is -2.49. The molecule has 2 rings (SSSR count). The number of nitrogens with one attached hydrogen (secondary N) is 1. The number of carbonyl (C=O) groups excluding carboxylic acids is 2. The van der Waals surface area contributed by atoms with Gasteiger partial charge in [-0.05, 0) is 44.0 Å². The molecule has 0 aromatic heterocycles. The van der Waals surface area contributed by atoms with E-state index in [1.165, 1.54) is 0 Å². The molecular formula is C24H31NO6. The third-order valence-electron chi connectivity index (χ3n) is 4.24. The highest BCUT2D eigenvalue weighted by Gasteiger charge is 2.27. The first-order chi connectivity index (χ1) is 14.8. The normalized spacial score (nSPS) is 13.2. The Kier molecular flexibility index (Phi) is 9.49. The number of rotatable bonds is 11. The van der Waals surface area contributed by atoms with Crippen LogP contribution in [0.15, 0.2) is 54.6 Å². The van der Waals surface area contributed by atoms with E-state index in [1.807, 2.05) is 54.6 Å². The van der Waals surface area contributed by atoms with Crippen molar-refractivity contribution in [1.29, 1.82) is 0 Å². The molecule has 0 aliphatic carbocycles. The van der Waals surface area contributed by atoms with Crippen molar-refractivity contribution in [2.24, 2.45) is 0 Å². The van der Waals surface area contributed by atoms with Gasteiger partial charge in [-0.3, -0.25) is 0 Å². The summed E-state index contributed by atoms with van der Waals surface area (Å²) in [6, 6.07) is 16.2. The van der Waals surface area contributed by atoms with Gasteiger partial charge in [0.05, 0.1) is 33.0 Å². The monoisotopic (exact) mass is 429 g/mol. The molecule has 0 spiro atoms. The maximum Gasteiger partial charge on any atom is 0.408 e. The van der Waals surface area contributed by atoms with Gasteiger partial charge in [-0.15, -0.1) is 0 Å².